The predicted octanol–water partition coefficient (Wildman–Crippen LogP) is 4.75. The molecule has 4 rings (SSSR count). The van der Waals surface area contributed by atoms with Crippen molar-refractivity contribution in [2.75, 3.05) is 19.3 Å². The summed E-state index contributed by atoms with van der Waals surface area (Å²) in [5.41, 5.74) is 3.98. The zero-order valence-electron chi connectivity index (χ0n) is 19.7. The van der Waals surface area contributed by atoms with E-state index in [9.17, 15) is 21.6 Å². The molecule has 0 N–H and O–H groups in total. The van der Waals surface area contributed by atoms with Crippen LogP contribution in [-0.4, -0.2) is 52.8 Å². The Labute approximate surface area is 193 Å². The molecule has 6 nitrogen and oxygen atoms in total. The van der Waals surface area contributed by atoms with Crippen molar-refractivity contribution in [1.82, 2.24) is 18.9 Å². The van der Waals surface area contributed by atoms with Gasteiger partial charge in [0.1, 0.15) is 0 Å². The Balaban J connectivity index is 1.75. The highest BCUT2D eigenvalue weighted by atomic mass is 32.2. The number of alkyl halides is 3. The quantitative estimate of drug-likeness (QED) is 0.626. The van der Waals surface area contributed by atoms with E-state index >= 15 is 0 Å². The molecule has 33 heavy (non-hydrogen) atoms. The minimum atomic E-state index is -4.13. The van der Waals surface area contributed by atoms with Crippen LogP contribution in [0.5, 0.6) is 0 Å². The van der Waals surface area contributed by atoms with Crippen molar-refractivity contribution in [2.24, 2.45) is 5.92 Å². The Morgan fingerprint density at radius 3 is 2.45 bits per heavy atom. The summed E-state index contributed by atoms with van der Waals surface area (Å²) in [4.78, 5) is 4.76. The number of hydrogen-bond acceptors (Lipinski definition) is 4. The van der Waals surface area contributed by atoms with Crippen molar-refractivity contribution in [2.45, 2.75) is 83.2 Å². The first kappa shape index (κ1) is 24.4. The summed E-state index contributed by atoms with van der Waals surface area (Å²) in [7, 11) is -3.32. The van der Waals surface area contributed by atoms with E-state index in [1.54, 1.807) is 4.31 Å². The maximum absolute atomic E-state index is 13.1. The second-order valence-corrected chi connectivity index (χ2v) is 12.1. The van der Waals surface area contributed by atoms with E-state index in [1.807, 2.05) is 17.5 Å². The number of aryl methyl sites for hydroxylation is 1. The number of piperidine rings is 1. The zero-order valence-corrected chi connectivity index (χ0v) is 20.6. The molecule has 10 heteroatoms. The Morgan fingerprint density at radius 2 is 1.88 bits per heavy atom. The highest BCUT2D eigenvalue weighted by molar-refractivity contribution is 7.88. The van der Waals surface area contributed by atoms with Gasteiger partial charge in [-0.2, -0.15) is 18.3 Å². The monoisotopic (exact) mass is 486 g/mol. The summed E-state index contributed by atoms with van der Waals surface area (Å²) in [6, 6.07) is 1.91. The topological polar surface area (TPSA) is 67.6 Å². The van der Waals surface area contributed by atoms with Crippen LogP contribution in [0.3, 0.4) is 0 Å². The first-order valence-electron chi connectivity index (χ1n) is 11.7. The molecule has 0 radical (unpaired) electrons. The maximum Gasteiger partial charge on any atom is 0.391 e. The second-order valence-electron chi connectivity index (χ2n) is 10.1. The summed E-state index contributed by atoms with van der Waals surface area (Å²) >= 11 is 0. The highest BCUT2D eigenvalue weighted by Gasteiger charge is 2.43. The molecule has 2 aromatic rings. The molecular formula is C23H33F3N4O2S. The van der Waals surface area contributed by atoms with Gasteiger partial charge < -0.3 is 0 Å². The molecule has 1 saturated carbocycles. The Hall–Kier alpha value is -1.68. The third-order valence-electron chi connectivity index (χ3n) is 7.59. The van der Waals surface area contributed by atoms with Crippen molar-refractivity contribution in [3.63, 3.8) is 0 Å². The summed E-state index contributed by atoms with van der Waals surface area (Å²) in [6.07, 6.45) is 0.616. The average molecular weight is 487 g/mol. The van der Waals surface area contributed by atoms with Crippen molar-refractivity contribution in [3.05, 3.63) is 28.7 Å². The first-order chi connectivity index (χ1) is 15.3. The van der Waals surface area contributed by atoms with E-state index < -0.39 is 27.5 Å². The van der Waals surface area contributed by atoms with Crippen molar-refractivity contribution < 1.29 is 21.6 Å². The second kappa shape index (κ2) is 8.52. The van der Waals surface area contributed by atoms with Crippen molar-refractivity contribution >= 4 is 15.7 Å². The lowest BCUT2D eigenvalue weighted by molar-refractivity contribution is -0.182. The van der Waals surface area contributed by atoms with E-state index in [0.29, 0.717) is 31.6 Å². The molecule has 0 unspecified atom stereocenters. The predicted molar refractivity (Wildman–Crippen MR) is 121 cm³/mol. The molecule has 184 valence electrons. The van der Waals surface area contributed by atoms with Gasteiger partial charge in [0.25, 0.3) is 0 Å². The van der Waals surface area contributed by atoms with E-state index in [2.05, 4.69) is 13.8 Å². The van der Waals surface area contributed by atoms with Crippen LogP contribution in [-0.2, 0) is 21.9 Å². The van der Waals surface area contributed by atoms with Gasteiger partial charge >= 0.3 is 6.18 Å². The molecule has 1 atom stereocenters. The number of hydrogen-bond donors (Lipinski definition) is 0. The number of fused-ring (bicyclic) bond motifs is 1. The summed E-state index contributed by atoms with van der Waals surface area (Å²) < 4.78 is 67.3. The van der Waals surface area contributed by atoms with Crippen LogP contribution >= 0.6 is 0 Å². The van der Waals surface area contributed by atoms with Crippen LogP contribution in [0, 0.1) is 12.8 Å². The number of nitrogens with zero attached hydrogens (tertiary/aromatic N) is 4. The molecule has 2 fully saturated rings. The van der Waals surface area contributed by atoms with Crippen LogP contribution in [0.15, 0.2) is 6.07 Å². The maximum atomic E-state index is 13.1. The van der Waals surface area contributed by atoms with Crippen molar-refractivity contribution in [3.8, 4) is 0 Å². The largest absolute Gasteiger partial charge is 0.391 e. The highest BCUT2D eigenvalue weighted by Crippen LogP contribution is 2.43. The van der Waals surface area contributed by atoms with Crippen molar-refractivity contribution in [1.29, 1.82) is 0 Å². The van der Waals surface area contributed by atoms with Gasteiger partial charge in [-0.05, 0) is 57.4 Å². The Bertz CT molecular complexity index is 1140. The summed E-state index contributed by atoms with van der Waals surface area (Å²) in [6.45, 7) is 7.00. The van der Waals surface area contributed by atoms with Gasteiger partial charge in [0, 0.05) is 36.2 Å². The van der Waals surface area contributed by atoms with Gasteiger partial charge in [-0.25, -0.2) is 22.2 Å². The van der Waals surface area contributed by atoms with Gasteiger partial charge in [0.15, 0.2) is 5.65 Å². The molecule has 1 aliphatic carbocycles. The molecule has 1 aliphatic heterocycles. The number of aromatic nitrogens is 3. The fraction of sp³-hybridized carbons (Fsp3) is 0.739. The third kappa shape index (κ3) is 4.65. The summed E-state index contributed by atoms with van der Waals surface area (Å²) in [5.74, 6) is -1.24. The minimum Gasteiger partial charge on any atom is -0.234 e. The van der Waals surface area contributed by atoms with E-state index in [0.717, 1.165) is 41.9 Å². The van der Waals surface area contributed by atoms with E-state index in [4.69, 9.17) is 10.1 Å². The van der Waals surface area contributed by atoms with Gasteiger partial charge in [-0.1, -0.05) is 13.8 Å². The normalized spacial score (nSPS) is 27.8. The van der Waals surface area contributed by atoms with Crippen LogP contribution in [0.4, 0.5) is 13.2 Å². The van der Waals surface area contributed by atoms with Gasteiger partial charge in [0.05, 0.1) is 23.6 Å². The lowest BCUT2D eigenvalue weighted by Crippen LogP contribution is -2.48. The van der Waals surface area contributed by atoms with Crippen LogP contribution < -0.4 is 0 Å². The smallest absolute Gasteiger partial charge is 0.234 e. The molecule has 2 aromatic heterocycles. The molecular weight excluding hydrogens is 453 g/mol. The number of rotatable bonds is 4. The van der Waals surface area contributed by atoms with E-state index in [1.165, 1.54) is 6.26 Å². The SMILES string of the molecule is CCc1c(C)nc2cc(C3CCC(C(F)(F)F)CC3)nn2c1[C@]1(C)CCCN(S(C)(=O)=O)C1. The molecule has 0 bridgehead atoms. The lowest BCUT2D eigenvalue weighted by Gasteiger charge is -2.40. The van der Waals surface area contributed by atoms with Gasteiger partial charge in [-0.15, -0.1) is 0 Å². The molecule has 0 spiro atoms. The van der Waals surface area contributed by atoms with Crippen LogP contribution in [0.25, 0.3) is 5.65 Å². The van der Waals surface area contributed by atoms with Gasteiger partial charge in [-0.3, -0.25) is 0 Å². The van der Waals surface area contributed by atoms with E-state index in [-0.39, 0.29) is 18.8 Å². The fourth-order valence-corrected chi connectivity index (χ4v) is 6.78. The first-order valence-corrected chi connectivity index (χ1v) is 13.6. The van der Waals surface area contributed by atoms with Crippen LogP contribution in [0.2, 0.25) is 0 Å². The zero-order chi connectivity index (χ0) is 24.2. The summed E-state index contributed by atoms with van der Waals surface area (Å²) in [5, 5.41) is 4.89. The fourth-order valence-electron chi connectivity index (χ4n) is 5.80. The van der Waals surface area contributed by atoms with Crippen LogP contribution in [0.1, 0.15) is 80.9 Å². The Kier molecular flexibility index (Phi) is 6.31. The third-order valence-corrected chi connectivity index (χ3v) is 8.84. The molecule has 0 aromatic carbocycles. The molecule has 3 heterocycles. The lowest BCUT2D eigenvalue weighted by atomic mass is 9.77. The average Bonchev–Trinajstić information content (AvgIpc) is 3.14. The standard InChI is InChI=1S/C23H33F3N4O2S/c1-5-18-15(2)27-20-13-19(16-7-9-17(10-8-16)23(24,25)26)28-30(20)21(18)22(3)11-6-12-29(14-22)33(4,31)32/h13,16-17H,5-12,14H2,1-4H3/t16?,17?,22-/m1/s1. The van der Waals surface area contributed by atoms with Gasteiger partial charge in [0.2, 0.25) is 10.0 Å². The molecule has 2 aliphatic rings. The number of sulfonamides is 1. The number of halogens is 3. The Morgan fingerprint density at radius 1 is 1.21 bits per heavy atom. The minimum absolute atomic E-state index is 0.0183. The molecule has 0 amide bonds. The molecule has 1 saturated heterocycles.